The van der Waals surface area contributed by atoms with Gasteiger partial charge in [-0.05, 0) is 24.0 Å². The first kappa shape index (κ1) is 17.9. The molecular weight excluding hydrogens is 304 g/mol. The molecule has 1 saturated carbocycles. The normalized spacial score (nSPS) is 16.1. The molecule has 2 rings (SSSR count). The summed E-state index contributed by atoms with van der Waals surface area (Å²) in [7, 11) is 0. The fraction of sp³-hybridized carbons (Fsp3) is 0.556. The van der Waals surface area contributed by atoms with Crippen LogP contribution in [0.1, 0.15) is 44.1 Å². The van der Waals surface area contributed by atoms with E-state index in [1.54, 1.807) is 18.5 Å². The predicted octanol–water partition coefficient (Wildman–Crippen LogP) is 2.01. The molecule has 1 aliphatic rings. The SMILES string of the molecule is N#CCN(Cc1cccnc1)C(=O)C(CC1CCCCC1)C(N)=O. The van der Waals surface area contributed by atoms with Gasteiger partial charge in [0.2, 0.25) is 11.8 Å². The first-order valence-corrected chi connectivity index (χ1v) is 8.45. The quantitative estimate of drug-likeness (QED) is 0.611. The van der Waals surface area contributed by atoms with Gasteiger partial charge in [-0.25, -0.2) is 0 Å². The van der Waals surface area contributed by atoms with Crippen molar-refractivity contribution in [2.24, 2.45) is 17.6 Å². The first-order valence-electron chi connectivity index (χ1n) is 8.45. The van der Waals surface area contributed by atoms with Gasteiger partial charge in [-0.15, -0.1) is 0 Å². The fourth-order valence-electron chi connectivity index (χ4n) is 3.32. The van der Waals surface area contributed by atoms with Gasteiger partial charge < -0.3 is 10.6 Å². The second-order valence-corrected chi connectivity index (χ2v) is 6.41. The summed E-state index contributed by atoms with van der Waals surface area (Å²) in [6.07, 6.45) is 9.36. The molecule has 0 spiro atoms. The highest BCUT2D eigenvalue weighted by Gasteiger charge is 2.32. The zero-order chi connectivity index (χ0) is 17.4. The summed E-state index contributed by atoms with van der Waals surface area (Å²) in [6, 6.07) is 5.61. The number of nitrogens with zero attached hydrogens (tertiary/aromatic N) is 3. The van der Waals surface area contributed by atoms with E-state index in [0.717, 1.165) is 31.2 Å². The zero-order valence-electron chi connectivity index (χ0n) is 13.9. The van der Waals surface area contributed by atoms with E-state index in [9.17, 15) is 9.59 Å². The molecule has 0 aliphatic heterocycles. The van der Waals surface area contributed by atoms with Gasteiger partial charge in [-0.1, -0.05) is 38.2 Å². The maximum atomic E-state index is 12.8. The van der Waals surface area contributed by atoms with Gasteiger partial charge in [0.25, 0.3) is 0 Å². The lowest BCUT2D eigenvalue weighted by molar-refractivity contribution is -0.142. The number of primary amides is 1. The molecule has 1 aliphatic carbocycles. The Morgan fingerprint density at radius 2 is 2.12 bits per heavy atom. The minimum atomic E-state index is -0.849. The van der Waals surface area contributed by atoms with E-state index in [4.69, 9.17) is 11.0 Å². The van der Waals surface area contributed by atoms with Crippen molar-refractivity contribution in [3.8, 4) is 6.07 Å². The highest BCUT2D eigenvalue weighted by Crippen LogP contribution is 2.29. The summed E-state index contributed by atoms with van der Waals surface area (Å²) >= 11 is 0. The lowest BCUT2D eigenvalue weighted by atomic mass is 9.82. The molecule has 2 amide bonds. The number of pyridine rings is 1. The molecule has 24 heavy (non-hydrogen) atoms. The molecule has 2 N–H and O–H groups in total. The molecule has 6 heteroatoms. The fourth-order valence-corrected chi connectivity index (χ4v) is 3.32. The Bertz CT molecular complexity index is 591. The largest absolute Gasteiger partial charge is 0.369 e. The Morgan fingerprint density at radius 3 is 2.71 bits per heavy atom. The van der Waals surface area contributed by atoms with Gasteiger partial charge in [-0.3, -0.25) is 14.6 Å². The number of carbonyl (C=O) groups excluding carboxylic acids is 2. The topological polar surface area (TPSA) is 100 Å². The molecule has 1 aromatic heterocycles. The Kier molecular flexibility index (Phi) is 6.74. The molecule has 0 saturated heterocycles. The van der Waals surface area contributed by atoms with Crippen molar-refractivity contribution in [1.82, 2.24) is 9.88 Å². The van der Waals surface area contributed by atoms with Crippen LogP contribution in [0.3, 0.4) is 0 Å². The summed E-state index contributed by atoms with van der Waals surface area (Å²) in [4.78, 5) is 30.1. The smallest absolute Gasteiger partial charge is 0.236 e. The number of rotatable bonds is 7. The maximum absolute atomic E-state index is 12.8. The summed E-state index contributed by atoms with van der Waals surface area (Å²) in [6.45, 7) is 0.191. The van der Waals surface area contributed by atoms with Crippen molar-refractivity contribution in [2.45, 2.75) is 45.1 Å². The molecule has 1 heterocycles. The third kappa shape index (κ3) is 5.05. The zero-order valence-corrected chi connectivity index (χ0v) is 13.9. The number of nitrogens with two attached hydrogens (primary N) is 1. The highest BCUT2D eigenvalue weighted by atomic mass is 16.2. The molecule has 1 aromatic rings. The van der Waals surface area contributed by atoms with Crippen LogP contribution in [-0.2, 0) is 16.1 Å². The second kappa shape index (κ2) is 9.02. The van der Waals surface area contributed by atoms with Crippen molar-refractivity contribution < 1.29 is 9.59 Å². The van der Waals surface area contributed by atoms with E-state index < -0.39 is 11.8 Å². The van der Waals surface area contributed by atoms with Crippen LogP contribution in [-0.4, -0.2) is 28.2 Å². The van der Waals surface area contributed by atoms with E-state index in [1.165, 1.54) is 11.3 Å². The molecule has 128 valence electrons. The minimum absolute atomic E-state index is 0.0673. The highest BCUT2D eigenvalue weighted by molar-refractivity contribution is 5.99. The molecule has 0 aromatic carbocycles. The van der Waals surface area contributed by atoms with Crippen molar-refractivity contribution >= 4 is 11.8 Å². The predicted molar refractivity (Wildman–Crippen MR) is 89.1 cm³/mol. The van der Waals surface area contributed by atoms with Gasteiger partial charge >= 0.3 is 0 Å². The standard InChI is InChI=1S/C18H24N4O2/c19-8-10-22(13-15-7-4-9-21-12-15)18(24)16(17(20)23)11-14-5-2-1-3-6-14/h4,7,9,12,14,16H,1-3,5-6,10-11,13H2,(H2,20,23). The van der Waals surface area contributed by atoms with Gasteiger partial charge in [-0.2, -0.15) is 5.26 Å². The summed E-state index contributed by atoms with van der Waals surface area (Å²) in [5, 5.41) is 9.03. The van der Waals surface area contributed by atoms with Crippen LogP contribution in [0.5, 0.6) is 0 Å². The Balaban J connectivity index is 2.08. The van der Waals surface area contributed by atoms with Crippen LogP contribution in [0.25, 0.3) is 0 Å². The average molecular weight is 328 g/mol. The molecule has 0 bridgehead atoms. The summed E-state index contributed by atoms with van der Waals surface area (Å²) in [5.74, 6) is -1.43. The van der Waals surface area contributed by atoms with Gasteiger partial charge in [0, 0.05) is 18.9 Å². The van der Waals surface area contributed by atoms with Crippen molar-refractivity contribution in [3.63, 3.8) is 0 Å². The first-order chi connectivity index (χ1) is 11.6. The Hall–Kier alpha value is -2.42. The molecule has 1 fully saturated rings. The van der Waals surface area contributed by atoms with Crippen LogP contribution in [0.4, 0.5) is 0 Å². The van der Waals surface area contributed by atoms with Crippen LogP contribution in [0, 0.1) is 23.2 Å². The van der Waals surface area contributed by atoms with E-state index in [2.05, 4.69) is 4.98 Å². The lowest BCUT2D eigenvalue weighted by Crippen LogP contribution is -2.42. The van der Waals surface area contributed by atoms with Crippen LogP contribution in [0.15, 0.2) is 24.5 Å². The molecule has 1 atom stereocenters. The van der Waals surface area contributed by atoms with Crippen LogP contribution in [0.2, 0.25) is 0 Å². The van der Waals surface area contributed by atoms with E-state index in [1.807, 2.05) is 12.1 Å². The minimum Gasteiger partial charge on any atom is -0.369 e. The number of nitriles is 1. The van der Waals surface area contributed by atoms with Gasteiger partial charge in [0.1, 0.15) is 12.5 Å². The summed E-state index contributed by atoms with van der Waals surface area (Å²) < 4.78 is 0. The number of aromatic nitrogens is 1. The molecule has 1 unspecified atom stereocenters. The van der Waals surface area contributed by atoms with Crippen LogP contribution >= 0.6 is 0 Å². The number of hydrogen-bond acceptors (Lipinski definition) is 4. The average Bonchev–Trinajstić information content (AvgIpc) is 2.60. The van der Waals surface area contributed by atoms with Crippen LogP contribution < -0.4 is 5.73 Å². The van der Waals surface area contributed by atoms with Gasteiger partial charge in [0.15, 0.2) is 0 Å². The number of hydrogen-bond donors (Lipinski definition) is 1. The van der Waals surface area contributed by atoms with E-state index in [-0.39, 0.29) is 19.0 Å². The Labute approximate surface area is 142 Å². The van der Waals surface area contributed by atoms with E-state index in [0.29, 0.717) is 12.3 Å². The monoisotopic (exact) mass is 328 g/mol. The molecule has 0 radical (unpaired) electrons. The third-order valence-corrected chi connectivity index (χ3v) is 4.60. The number of amides is 2. The summed E-state index contributed by atoms with van der Waals surface area (Å²) in [5.41, 5.74) is 6.32. The number of carbonyl (C=O) groups is 2. The van der Waals surface area contributed by atoms with Crippen molar-refractivity contribution in [3.05, 3.63) is 30.1 Å². The van der Waals surface area contributed by atoms with Gasteiger partial charge in [0.05, 0.1) is 6.07 Å². The Morgan fingerprint density at radius 1 is 1.38 bits per heavy atom. The molecular formula is C18H24N4O2. The molecule has 6 nitrogen and oxygen atoms in total. The van der Waals surface area contributed by atoms with Crippen molar-refractivity contribution in [1.29, 1.82) is 5.26 Å². The van der Waals surface area contributed by atoms with Crippen molar-refractivity contribution in [2.75, 3.05) is 6.54 Å². The second-order valence-electron chi connectivity index (χ2n) is 6.41. The maximum Gasteiger partial charge on any atom is 0.236 e. The lowest BCUT2D eigenvalue weighted by Gasteiger charge is -2.28. The van der Waals surface area contributed by atoms with E-state index >= 15 is 0 Å². The third-order valence-electron chi connectivity index (χ3n) is 4.60.